The third kappa shape index (κ3) is 7.12. The summed E-state index contributed by atoms with van der Waals surface area (Å²) in [5.41, 5.74) is 3.90. The second kappa shape index (κ2) is 12.8. The zero-order valence-electron chi connectivity index (χ0n) is 19.9. The topological polar surface area (TPSA) is 67.4 Å². The third-order valence-corrected chi connectivity index (χ3v) is 6.22. The molecule has 34 heavy (non-hydrogen) atoms. The number of carbonyl (C=O) groups is 2. The van der Waals surface area contributed by atoms with E-state index >= 15 is 0 Å². The summed E-state index contributed by atoms with van der Waals surface area (Å²) >= 11 is 1.64. The molecule has 178 valence electrons. The number of rotatable bonds is 11. The first-order valence-corrected chi connectivity index (χ1v) is 12.8. The Hall–Kier alpha value is -3.25. The summed E-state index contributed by atoms with van der Waals surface area (Å²) < 4.78 is 5.29. The van der Waals surface area contributed by atoms with E-state index in [1.807, 2.05) is 37.4 Å². The highest BCUT2D eigenvalue weighted by atomic mass is 32.2. The van der Waals surface area contributed by atoms with Crippen LogP contribution in [0.3, 0.4) is 0 Å². The van der Waals surface area contributed by atoms with Crippen molar-refractivity contribution in [3.05, 3.63) is 90.0 Å². The van der Waals surface area contributed by atoms with Gasteiger partial charge in [-0.1, -0.05) is 66.7 Å². The quantitative estimate of drug-likeness (QED) is 0.410. The van der Waals surface area contributed by atoms with E-state index in [9.17, 15) is 9.59 Å². The van der Waals surface area contributed by atoms with E-state index in [-0.39, 0.29) is 17.9 Å². The molecule has 6 heteroatoms. The Labute approximate surface area is 206 Å². The van der Waals surface area contributed by atoms with Crippen LogP contribution in [0, 0.1) is 0 Å². The molecule has 2 amide bonds. The molecule has 0 saturated heterocycles. The van der Waals surface area contributed by atoms with Gasteiger partial charge >= 0.3 is 0 Å². The minimum atomic E-state index is -0.618. The van der Waals surface area contributed by atoms with Crippen LogP contribution < -0.4 is 15.4 Å². The molecule has 3 aromatic rings. The summed E-state index contributed by atoms with van der Waals surface area (Å²) in [4.78, 5) is 25.9. The van der Waals surface area contributed by atoms with Gasteiger partial charge in [0.15, 0.2) is 0 Å². The lowest BCUT2D eigenvalue weighted by molar-refractivity contribution is -0.123. The van der Waals surface area contributed by atoms with Crippen molar-refractivity contribution in [2.24, 2.45) is 0 Å². The van der Waals surface area contributed by atoms with Crippen molar-refractivity contribution in [1.29, 1.82) is 0 Å². The Morgan fingerprint density at radius 1 is 0.882 bits per heavy atom. The van der Waals surface area contributed by atoms with Crippen molar-refractivity contribution >= 4 is 23.6 Å². The number of para-hydroxylation sites is 1. The number of nitrogens with one attached hydrogen (secondary N) is 2. The molecular weight excluding hydrogens is 444 g/mol. The van der Waals surface area contributed by atoms with Crippen molar-refractivity contribution < 1.29 is 14.3 Å². The molecule has 0 aliphatic carbocycles. The maximum Gasteiger partial charge on any atom is 0.255 e. The average molecular weight is 477 g/mol. The van der Waals surface area contributed by atoms with E-state index in [0.717, 1.165) is 16.9 Å². The first-order chi connectivity index (χ1) is 16.5. The van der Waals surface area contributed by atoms with Gasteiger partial charge in [-0.3, -0.25) is 9.59 Å². The molecule has 0 aliphatic heterocycles. The van der Waals surface area contributed by atoms with Gasteiger partial charge < -0.3 is 15.4 Å². The van der Waals surface area contributed by atoms with Gasteiger partial charge in [-0.2, -0.15) is 11.8 Å². The highest BCUT2D eigenvalue weighted by molar-refractivity contribution is 7.98. The van der Waals surface area contributed by atoms with Crippen molar-refractivity contribution in [1.82, 2.24) is 10.6 Å². The molecule has 5 nitrogen and oxygen atoms in total. The van der Waals surface area contributed by atoms with Crippen LogP contribution >= 0.6 is 11.8 Å². The number of carbonyl (C=O) groups excluding carboxylic acids is 2. The summed E-state index contributed by atoms with van der Waals surface area (Å²) in [6, 6.07) is 25.0. The van der Waals surface area contributed by atoms with Crippen LogP contribution in [0.1, 0.15) is 29.3 Å². The molecule has 2 unspecified atom stereocenters. The monoisotopic (exact) mass is 476 g/mol. The van der Waals surface area contributed by atoms with E-state index in [1.54, 1.807) is 30.0 Å². The van der Waals surface area contributed by atoms with Gasteiger partial charge in [0.25, 0.3) is 5.91 Å². The number of benzene rings is 3. The SMILES string of the molecule is COc1ccccc1C(=O)NC(CCSC)C(=O)NC(C)Cc1ccc(-c2ccccc2)cc1. The first-order valence-electron chi connectivity index (χ1n) is 11.4. The van der Waals surface area contributed by atoms with Gasteiger partial charge in [0.05, 0.1) is 12.7 Å². The smallest absolute Gasteiger partial charge is 0.255 e. The van der Waals surface area contributed by atoms with Gasteiger partial charge in [-0.15, -0.1) is 0 Å². The van der Waals surface area contributed by atoms with E-state index in [0.29, 0.717) is 24.2 Å². The van der Waals surface area contributed by atoms with Crippen LogP contribution in [0.25, 0.3) is 11.1 Å². The number of hydrogen-bond donors (Lipinski definition) is 2. The third-order valence-electron chi connectivity index (χ3n) is 5.58. The molecule has 0 heterocycles. The molecule has 3 rings (SSSR count). The minimum Gasteiger partial charge on any atom is -0.496 e. The Bertz CT molecular complexity index is 1070. The predicted molar refractivity (Wildman–Crippen MR) is 140 cm³/mol. The molecule has 0 spiro atoms. The zero-order chi connectivity index (χ0) is 24.3. The predicted octanol–water partition coefficient (Wildman–Crippen LogP) is 4.96. The molecule has 0 bridgehead atoms. The highest BCUT2D eigenvalue weighted by Gasteiger charge is 2.23. The Morgan fingerprint density at radius 2 is 1.53 bits per heavy atom. The molecule has 0 radical (unpaired) electrons. The number of ether oxygens (including phenoxy) is 1. The summed E-state index contributed by atoms with van der Waals surface area (Å²) in [5.74, 6) is 0.754. The van der Waals surface area contributed by atoms with E-state index in [4.69, 9.17) is 4.74 Å². The Balaban J connectivity index is 1.61. The molecule has 0 aliphatic rings. The van der Waals surface area contributed by atoms with Crippen LogP contribution in [-0.2, 0) is 11.2 Å². The Morgan fingerprint density at radius 3 is 2.21 bits per heavy atom. The van der Waals surface area contributed by atoms with Crippen molar-refractivity contribution in [2.75, 3.05) is 19.1 Å². The molecule has 2 N–H and O–H groups in total. The number of thioether (sulfide) groups is 1. The van der Waals surface area contributed by atoms with Gasteiger partial charge in [0, 0.05) is 6.04 Å². The molecule has 0 fully saturated rings. The van der Waals surface area contributed by atoms with Crippen LogP contribution in [0.4, 0.5) is 0 Å². The maximum absolute atomic E-state index is 13.0. The normalized spacial score (nSPS) is 12.4. The number of amides is 2. The second-order valence-electron chi connectivity index (χ2n) is 8.18. The molecule has 0 aromatic heterocycles. The van der Waals surface area contributed by atoms with Crippen LogP contribution in [0.5, 0.6) is 5.75 Å². The molecule has 3 aromatic carbocycles. The Kier molecular flexibility index (Phi) is 9.59. The van der Waals surface area contributed by atoms with Gasteiger partial charge in [0.1, 0.15) is 11.8 Å². The summed E-state index contributed by atoms with van der Waals surface area (Å²) in [6.45, 7) is 1.98. The fourth-order valence-electron chi connectivity index (χ4n) is 3.78. The molecular formula is C28H32N2O3S. The number of methoxy groups -OCH3 is 1. The lowest BCUT2D eigenvalue weighted by Crippen LogP contribution is -2.49. The standard InChI is InChI=1S/C28H32N2O3S/c1-20(19-21-13-15-23(16-14-21)22-9-5-4-6-10-22)29-28(32)25(17-18-34-3)30-27(31)24-11-7-8-12-26(24)33-2/h4-16,20,25H,17-19H2,1-3H3,(H,29,32)(H,30,31). The minimum absolute atomic E-state index is 0.0741. The lowest BCUT2D eigenvalue weighted by atomic mass is 10.0. The van der Waals surface area contributed by atoms with E-state index < -0.39 is 6.04 Å². The molecule has 2 atom stereocenters. The van der Waals surface area contributed by atoms with Crippen molar-refractivity contribution in [3.8, 4) is 16.9 Å². The lowest BCUT2D eigenvalue weighted by Gasteiger charge is -2.22. The number of hydrogen-bond acceptors (Lipinski definition) is 4. The van der Waals surface area contributed by atoms with Gasteiger partial charge in [-0.05, 0) is 60.6 Å². The fraction of sp³-hybridized carbons (Fsp3) is 0.286. The van der Waals surface area contributed by atoms with Crippen molar-refractivity contribution in [3.63, 3.8) is 0 Å². The van der Waals surface area contributed by atoms with Crippen LogP contribution in [-0.4, -0.2) is 43.0 Å². The largest absolute Gasteiger partial charge is 0.496 e. The maximum atomic E-state index is 13.0. The van der Waals surface area contributed by atoms with E-state index in [1.165, 1.54) is 12.7 Å². The zero-order valence-corrected chi connectivity index (χ0v) is 20.7. The van der Waals surface area contributed by atoms with Crippen LogP contribution in [0.2, 0.25) is 0 Å². The fourth-order valence-corrected chi connectivity index (χ4v) is 4.26. The first kappa shape index (κ1) is 25.4. The molecule has 0 saturated carbocycles. The summed E-state index contributed by atoms with van der Waals surface area (Å²) in [7, 11) is 1.53. The highest BCUT2D eigenvalue weighted by Crippen LogP contribution is 2.20. The summed E-state index contributed by atoms with van der Waals surface area (Å²) in [6.07, 6.45) is 3.24. The van der Waals surface area contributed by atoms with Crippen LogP contribution in [0.15, 0.2) is 78.9 Å². The average Bonchev–Trinajstić information content (AvgIpc) is 2.87. The van der Waals surface area contributed by atoms with Crippen molar-refractivity contribution in [2.45, 2.75) is 31.8 Å². The van der Waals surface area contributed by atoms with Gasteiger partial charge in [0.2, 0.25) is 5.91 Å². The second-order valence-corrected chi connectivity index (χ2v) is 9.17. The van der Waals surface area contributed by atoms with Gasteiger partial charge in [-0.25, -0.2) is 0 Å². The van der Waals surface area contributed by atoms with E-state index in [2.05, 4.69) is 47.0 Å². The summed E-state index contributed by atoms with van der Waals surface area (Å²) in [5, 5.41) is 5.97.